The van der Waals surface area contributed by atoms with Crippen molar-refractivity contribution in [3.8, 4) is 11.3 Å². The van der Waals surface area contributed by atoms with Crippen LogP contribution in [0, 0.1) is 12.8 Å². The summed E-state index contributed by atoms with van der Waals surface area (Å²) in [6, 6.07) is 11.1. The van der Waals surface area contributed by atoms with E-state index in [1.54, 1.807) is 6.07 Å². The molecule has 1 unspecified atom stereocenters. The standard InChI is InChI=1S/C20H20ClN3O3S3/c1-13-4-6-14(7-5-13)16-12-28-20(22-16)23-19(25)15-3-2-10-24(11-15)30(26,27)18-9-8-17(21)29-18/h4-9,12,15H,2-3,10-11H2,1H3,(H,22,23,25). The van der Waals surface area contributed by atoms with E-state index < -0.39 is 15.9 Å². The number of benzene rings is 1. The van der Waals surface area contributed by atoms with Crippen molar-refractivity contribution in [1.82, 2.24) is 9.29 Å². The summed E-state index contributed by atoms with van der Waals surface area (Å²) in [6.07, 6.45) is 1.27. The van der Waals surface area contributed by atoms with E-state index in [1.807, 2.05) is 36.6 Å². The van der Waals surface area contributed by atoms with Gasteiger partial charge in [-0.25, -0.2) is 13.4 Å². The Morgan fingerprint density at radius 3 is 2.70 bits per heavy atom. The molecular weight excluding hydrogens is 462 g/mol. The van der Waals surface area contributed by atoms with Gasteiger partial charge in [-0.3, -0.25) is 4.79 Å². The number of nitrogens with one attached hydrogen (secondary N) is 1. The highest BCUT2D eigenvalue weighted by Gasteiger charge is 2.34. The van der Waals surface area contributed by atoms with Gasteiger partial charge in [-0.15, -0.1) is 22.7 Å². The molecule has 0 spiro atoms. The molecule has 0 aliphatic carbocycles. The Morgan fingerprint density at radius 1 is 1.23 bits per heavy atom. The molecule has 3 heterocycles. The smallest absolute Gasteiger partial charge is 0.252 e. The minimum atomic E-state index is -3.64. The molecule has 1 fully saturated rings. The van der Waals surface area contributed by atoms with Crippen LogP contribution in [0.1, 0.15) is 18.4 Å². The van der Waals surface area contributed by atoms with Crippen LogP contribution in [0.4, 0.5) is 5.13 Å². The van der Waals surface area contributed by atoms with Crippen LogP contribution < -0.4 is 5.32 Å². The number of carbonyl (C=O) groups is 1. The zero-order valence-corrected chi connectivity index (χ0v) is 19.4. The van der Waals surface area contributed by atoms with Gasteiger partial charge in [0.1, 0.15) is 4.21 Å². The van der Waals surface area contributed by atoms with E-state index in [0.717, 1.165) is 22.6 Å². The summed E-state index contributed by atoms with van der Waals surface area (Å²) in [5.74, 6) is -0.625. The van der Waals surface area contributed by atoms with Gasteiger partial charge in [0.15, 0.2) is 5.13 Å². The first kappa shape index (κ1) is 21.5. The van der Waals surface area contributed by atoms with Crippen LogP contribution in [0.5, 0.6) is 0 Å². The third-order valence-corrected chi connectivity index (χ3v) is 9.30. The van der Waals surface area contributed by atoms with Crippen molar-refractivity contribution in [2.24, 2.45) is 5.92 Å². The number of thiophene rings is 1. The molecule has 0 saturated carbocycles. The summed E-state index contributed by atoms with van der Waals surface area (Å²) in [5, 5.41) is 5.27. The van der Waals surface area contributed by atoms with Crippen molar-refractivity contribution in [3.05, 3.63) is 51.7 Å². The number of halogens is 1. The number of sulfonamides is 1. The van der Waals surface area contributed by atoms with E-state index in [4.69, 9.17) is 11.6 Å². The monoisotopic (exact) mass is 481 g/mol. The summed E-state index contributed by atoms with van der Waals surface area (Å²) >= 11 is 8.28. The fourth-order valence-electron chi connectivity index (χ4n) is 3.33. The van der Waals surface area contributed by atoms with Crippen molar-refractivity contribution in [2.45, 2.75) is 24.0 Å². The quantitative estimate of drug-likeness (QED) is 0.563. The molecule has 1 saturated heterocycles. The first-order chi connectivity index (χ1) is 14.3. The second-order valence-electron chi connectivity index (χ2n) is 7.15. The minimum absolute atomic E-state index is 0.153. The van der Waals surface area contributed by atoms with Gasteiger partial charge in [0, 0.05) is 24.0 Å². The van der Waals surface area contributed by atoms with Crippen LogP contribution in [0.25, 0.3) is 11.3 Å². The van der Waals surface area contributed by atoms with Gasteiger partial charge in [0.25, 0.3) is 10.0 Å². The summed E-state index contributed by atoms with van der Waals surface area (Å²) in [5.41, 5.74) is 2.96. The lowest BCUT2D eigenvalue weighted by Gasteiger charge is -2.30. The van der Waals surface area contributed by atoms with Crippen LogP contribution in [-0.4, -0.2) is 36.7 Å². The molecule has 10 heteroatoms. The lowest BCUT2D eigenvalue weighted by Crippen LogP contribution is -2.43. The van der Waals surface area contributed by atoms with Crippen molar-refractivity contribution in [2.75, 3.05) is 18.4 Å². The lowest BCUT2D eigenvalue weighted by molar-refractivity contribution is -0.120. The zero-order valence-electron chi connectivity index (χ0n) is 16.2. The minimum Gasteiger partial charge on any atom is -0.302 e. The molecule has 1 aliphatic rings. The molecule has 1 atom stereocenters. The topological polar surface area (TPSA) is 79.4 Å². The largest absolute Gasteiger partial charge is 0.302 e. The maximum absolute atomic E-state index is 12.8. The van der Waals surface area contributed by atoms with E-state index in [-0.39, 0.29) is 16.7 Å². The number of aryl methyl sites for hydroxylation is 1. The lowest BCUT2D eigenvalue weighted by atomic mass is 9.99. The fraction of sp³-hybridized carbons (Fsp3) is 0.300. The van der Waals surface area contributed by atoms with Gasteiger partial charge in [-0.1, -0.05) is 41.4 Å². The van der Waals surface area contributed by atoms with Gasteiger partial charge in [0.2, 0.25) is 5.91 Å². The van der Waals surface area contributed by atoms with Crippen molar-refractivity contribution < 1.29 is 13.2 Å². The van der Waals surface area contributed by atoms with E-state index in [2.05, 4.69) is 10.3 Å². The van der Waals surface area contributed by atoms with Crippen molar-refractivity contribution in [1.29, 1.82) is 0 Å². The molecule has 30 heavy (non-hydrogen) atoms. The molecule has 0 radical (unpaired) electrons. The van der Waals surface area contributed by atoms with Gasteiger partial charge in [-0.05, 0) is 31.9 Å². The first-order valence-electron chi connectivity index (χ1n) is 9.42. The van der Waals surface area contributed by atoms with Crippen LogP contribution in [0.2, 0.25) is 4.34 Å². The van der Waals surface area contributed by atoms with Crippen molar-refractivity contribution >= 4 is 55.3 Å². The summed E-state index contributed by atoms with van der Waals surface area (Å²) in [4.78, 5) is 17.3. The molecule has 1 aromatic carbocycles. The van der Waals surface area contributed by atoms with Gasteiger partial charge < -0.3 is 5.32 Å². The average molecular weight is 482 g/mol. The van der Waals surface area contributed by atoms with Crippen molar-refractivity contribution in [3.63, 3.8) is 0 Å². The molecule has 6 nitrogen and oxygen atoms in total. The van der Waals surface area contributed by atoms with Gasteiger partial charge >= 0.3 is 0 Å². The Balaban J connectivity index is 1.43. The summed E-state index contributed by atoms with van der Waals surface area (Å²) in [6.45, 7) is 2.58. The molecule has 1 aliphatic heterocycles. The Hall–Kier alpha value is -1.78. The highest BCUT2D eigenvalue weighted by atomic mass is 35.5. The summed E-state index contributed by atoms with van der Waals surface area (Å²) < 4.78 is 27.7. The molecule has 1 N–H and O–H groups in total. The molecule has 3 aromatic rings. The number of rotatable bonds is 5. The fourth-order valence-corrected chi connectivity index (χ4v) is 7.22. The maximum atomic E-state index is 12.8. The summed E-state index contributed by atoms with van der Waals surface area (Å²) in [7, 11) is -3.64. The van der Waals surface area contributed by atoms with Crippen LogP contribution in [0.3, 0.4) is 0 Å². The number of hydrogen-bond acceptors (Lipinski definition) is 6. The number of anilines is 1. The number of nitrogens with zero attached hydrogens (tertiary/aromatic N) is 2. The number of hydrogen-bond donors (Lipinski definition) is 1. The third kappa shape index (κ3) is 4.60. The second kappa shape index (κ2) is 8.76. The number of carbonyl (C=O) groups excluding carboxylic acids is 1. The normalized spacial score (nSPS) is 17.7. The molecule has 2 aromatic heterocycles. The van der Waals surface area contributed by atoms with E-state index in [9.17, 15) is 13.2 Å². The van der Waals surface area contributed by atoms with E-state index in [0.29, 0.717) is 28.9 Å². The average Bonchev–Trinajstić information content (AvgIpc) is 3.38. The first-order valence-corrected chi connectivity index (χ1v) is 12.9. The maximum Gasteiger partial charge on any atom is 0.252 e. The Kier molecular flexibility index (Phi) is 6.26. The van der Waals surface area contributed by atoms with Crippen LogP contribution in [-0.2, 0) is 14.8 Å². The molecule has 1 amide bonds. The second-order valence-corrected chi connectivity index (χ2v) is 11.9. The number of amides is 1. The molecule has 0 bridgehead atoms. The van der Waals surface area contributed by atoms with Crippen LogP contribution >= 0.6 is 34.3 Å². The SMILES string of the molecule is Cc1ccc(-c2csc(NC(=O)C3CCCN(S(=O)(=O)c4ccc(Cl)s4)C3)n2)cc1. The van der Waals surface area contributed by atoms with Gasteiger partial charge in [0.05, 0.1) is 15.9 Å². The Labute approximate surface area is 188 Å². The number of piperidine rings is 1. The highest BCUT2D eigenvalue weighted by Crippen LogP contribution is 2.31. The predicted octanol–water partition coefficient (Wildman–Crippen LogP) is 4.87. The molecular formula is C20H20ClN3O3S3. The zero-order chi connectivity index (χ0) is 21.3. The Morgan fingerprint density at radius 2 is 2.00 bits per heavy atom. The Bertz CT molecular complexity index is 1160. The third-order valence-electron chi connectivity index (χ3n) is 4.98. The number of aromatic nitrogens is 1. The van der Waals surface area contributed by atoms with E-state index >= 15 is 0 Å². The van der Waals surface area contributed by atoms with Crippen LogP contribution in [0.15, 0.2) is 46.0 Å². The highest BCUT2D eigenvalue weighted by molar-refractivity contribution is 7.91. The molecule has 4 rings (SSSR count). The molecule has 158 valence electrons. The predicted molar refractivity (Wildman–Crippen MR) is 122 cm³/mol. The van der Waals surface area contributed by atoms with E-state index in [1.165, 1.54) is 27.3 Å². The number of thiazole rings is 1. The van der Waals surface area contributed by atoms with Gasteiger partial charge in [-0.2, -0.15) is 4.31 Å².